The molecule has 0 aliphatic carbocycles. The lowest BCUT2D eigenvalue weighted by molar-refractivity contribution is 0.296. The maximum Gasteiger partial charge on any atom is 0.131 e. The van der Waals surface area contributed by atoms with Gasteiger partial charge in [0.15, 0.2) is 0 Å². The Morgan fingerprint density at radius 3 is 2.93 bits per heavy atom. The summed E-state index contributed by atoms with van der Waals surface area (Å²) in [4.78, 5) is 11.6. The van der Waals surface area contributed by atoms with Gasteiger partial charge in [-0.25, -0.2) is 9.97 Å². The minimum Gasteiger partial charge on any atom is -0.396 e. The Bertz CT molecular complexity index is 437. The summed E-state index contributed by atoms with van der Waals surface area (Å²) >= 11 is 0. The normalized spacial score (nSPS) is 10.5. The Kier molecular flexibility index (Phi) is 2.78. The molecule has 78 valence electrons. The van der Waals surface area contributed by atoms with Gasteiger partial charge in [-0.2, -0.15) is 0 Å². The van der Waals surface area contributed by atoms with Crippen LogP contribution in [0.3, 0.4) is 0 Å². The fraction of sp³-hybridized carbons (Fsp3) is 0.273. The summed E-state index contributed by atoms with van der Waals surface area (Å²) in [5, 5.41) is 8.85. The molecule has 0 unspecified atom stereocenters. The molecule has 0 aliphatic heterocycles. The lowest BCUT2D eigenvalue weighted by Crippen LogP contribution is -2.01. The van der Waals surface area contributed by atoms with Gasteiger partial charge in [-0.3, -0.25) is 0 Å². The smallest absolute Gasteiger partial charge is 0.131 e. The number of nitrogens with one attached hydrogen (secondary N) is 1. The van der Waals surface area contributed by atoms with Gasteiger partial charge in [-0.1, -0.05) is 0 Å². The van der Waals surface area contributed by atoms with Crippen molar-refractivity contribution < 1.29 is 5.11 Å². The zero-order valence-electron chi connectivity index (χ0n) is 8.57. The molecule has 0 aliphatic rings. The van der Waals surface area contributed by atoms with E-state index in [1.165, 1.54) is 0 Å². The van der Waals surface area contributed by atoms with E-state index in [9.17, 15) is 0 Å². The Labute approximate surface area is 88.0 Å². The summed E-state index contributed by atoms with van der Waals surface area (Å²) in [6, 6.07) is 3.90. The second-order valence-electron chi connectivity index (χ2n) is 3.38. The van der Waals surface area contributed by atoms with E-state index in [2.05, 4.69) is 15.0 Å². The number of hydrogen-bond acceptors (Lipinski definition) is 3. The summed E-state index contributed by atoms with van der Waals surface area (Å²) in [7, 11) is 0. The summed E-state index contributed by atoms with van der Waals surface area (Å²) in [6.45, 7) is 2.01. The van der Waals surface area contributed by atoms with Gasteiger partial charge in [0.05, 0.1) is 12.3 Å². The molecule has 2 heterocycles. The van der Waals surface area contributed by atoms with Crippen molar-refractivity contribution in [1.82, 2.24) is 15.0 Å². The van der Waals surface area contributed by atoms with Crippen LogP contribution in [-0.4, -0.2) is 26.7 Å². The minimum absolute atomic E-state index is 0.0794. The average Bonchev–Trinajstić information content (AvgIpc) is 2.70. The second kappa shape index (κ2) is 4.23. The highest BCUT2D eigenvalue weighted by molar-refractivity contribution is 5.58. The number of nitrogens with zero attached hydrogens (tertiary/aromatic N) is 2. The van der Waals surface area contributed by atoms with Crippen molar-refractivity contribution in [2.24, 2.45) is 0 Å². The predicted octanol–water partition coefficient (Wildman–Crippen LogP) is 1.31. The molecule has 0 bridgehead atoms. The highest BCUT2D eigenvalue weighted by Crippen LogP contribution is 2.16. The van der Waals surface area contributed by atoms with Gasteiger partial charge in [0.2, 0.25) is 0 Å². The predicted molar refractivity (Wildman–Crippen MR) is 57.3 cm³/mol. The molecule has 0 atom stereocenters. The van der Waals surface area contributed by atoms with E-state index >= 15 is 0 Å². The first kappa shape index (κ1) is 9.86. The van der Waals surface area contributed by atoms with E-state index in [1.54, 1.807) is 0 Å². The quantitative estimate of drug-likeness (QED) is 0.790. The number of aryl methyl sites for hydroxylation is 1. The van der Waals surface area contributed by atoms with Crippen LogP contribution in [0.25, 0.3) is 11.3 Å². The van der Waals surface area contributed by atoms with Crippen LogP contribution in [0.15, 0.2) is 24.5 Å². The zero-order chi connectivity index (χ0) is 10.7. The third kappa shape index (κ3) is 2.22. The molecule has 0 amide bonds. The topological polar surface area (TPSA) is 61.8 Å². The third-order valence-electron chi connectivity index (χ3n) is 2.13. The Morgan fingerprint density at radius 2 is 2.27 bits per heavy atom. The van der Waals surface area contributed by atoms with Crippen molar-refractivity contribution in [3.05, 3.63) is 36.0 Å². The molecule has 4 heteroatoms. The van der Waals surface area contributed by atoms with Gasteiger partial charge < -0.3 is 10.1 Å². The lowest BCUT2D eigenvalue weighted by Gasteiger charge is -2.03. The number of aromatic nitrogens is 3. The molecule has 0 aromatic carbocycles. The maximum atomic E-state index is 8.85. The van der Waals surface area contributed by atoms with Gasteiger partial charge in [-0.15, -0.1) is 0 Å². The first-order chi connectivity index (χ1) is 7.29. The monoisotopic (exact) mass is 203 g/mol. The average molecular weight is 203 g/mol. The summed E-state index contributed by atoms with van der Waals surface area (Å²) < 4.78 is 0. The molecule has 2 N–H and O–H groups in total. The Morgan fingerprint density at radius 1 is 1.40 bits per heavy atom. The van der Waals surface area contributed by atoms with Crippen LogP contribution in [0.1, 0.15) is 11.5 Å². The highest BCUT2D eigenvalue weighted by atomic mass is 16.3. The van der Waals surface area contributed by atoms with Crippen LogP contribution >= 0.6 is 0 Å². The minimum atomic E-state index is 0.0794. The largest absolute Gasteiger partial charge is 0.396 e. The molecule has 0 saturated heterocycles. The number of aliphatic hydroxyl groups is 1. The molecule has 15 heavy (non-hydrogen) atoms. The number of rotatable bonds is 3. The van der Waals surface area contributed by atoms with Crippen molar-refractivity contribution in [1.29, 1.82) is 0 Å². The number of aliphatic hydroxyl groups excluding tert-OH is 1. The summed E-state index contributed by atoms with van der Waals surface area (Å²) in [6.07, 6.45) is 4.25. The van der Waals surface area contributed by atoms with Crippen LogP contribution in [0.4, 0.5) is 0 Å². The first-order valence-electron chi connectivity index (χ1n) is 4.88. The van der Waals surface area contributed by atoms with Crippen molar-refractivity contribution in [3.63, 3.8) is 0 Å². The van der Waals surface area contributed by atoms with E-state index in [0.717, 1.165) is 17.0 Å². The van der Waals surface area contributed by atoms with Crippen molar-refractivity contribution in [2.75, 3.05) is 6.61 Å². The van der Waals surface area contributed by atoms with Gasteiger partial charge in [0, 0.05) is 30.1 Å². The Balaban J connectivity index is 2.40. The van der Waals surface area contributed by atoms with Crippen molar-refractivity contribution in [3.8, 4) is 11.3 Å². The van der Waals surface area contributed by atoms with E-state index in [1.807, 2.05) is 31.5 Å². The molecule has 0 saturated carbocycles. The number of hydrogen-bond donors (Lipinski definition) is 2. The van der Waals surface area contributed by atoms with E-state index in [4.69, 9.17) is 5.11 Å². The molecular formula is C11H13N3O. The SMILES string of the molecule is Cc1cc(-c2cc[nH]c2)nc(CCO)n1. The van der Waals surface area contributed by atoms with Crippen molar-refractivity contribution >= 4 is 0 Å². The lowest BCUT2D eigenvalue weighted by atomic mass is 10.2. The third-order valence-corrected chi connectivity index (χ3v) is 2.13. The van der Waals surface area contributed by atoms with Gasteiger partial charge >= 0.3 is 0 Å². The number of H-pyrrole nitrogens is 1. The standard InChI is InChI=1S/C11H13N3O/c1-8-6-10(9-2-4-12-7-9)14-11(13-8)3-5-15/h2,4,6-7,12,15H,3,5H2,1H3. The van der Waals surface area contributed by atoms with Gasteiger partial charge in [-0.05, 0) is 19.1 Å². The molecule has 4 nitrogen and oxygen atoms in total. The fourth-order valence-electron chi connectivity index (χ4n) is 1.47. The molecule has 2 rings (SSSR count). The first-order valence-corrected chi connectivity index (χ1v) is 4.88. The second-order valence-corrected chi connectivity index (χ2v) is 3.38. The van der Waals surface area contributed by atoms with Gasteiger partial charge in [0.25, 0.3) is 0 Å². The molecule has 0 radical (unpaired) electrons. The van der Waals surface area contributed by atoms with Crippen LogP contribution in [0.2, 0.25) is 0 Å². The summed E-state index contributed by atoms with van der Waals surface area (Å²) in [5.41, 5.74) is 2.86. The van der Waals surface area contributed by atoms with E-state index in [0.29, 0.717) is 12.2 Å². The highest BCUT2D eigenvalue weighted by Gasteiger charge is 2.04. The molecule has 2 aromatic heterocycles. The van der Waals surface area contributed by atoms with Crippen LogP contribution < -0.4 is 0 Å². The van der Waals surface area contributed by atoms with Crippen molar-refractivity contribution in [2.45, 2.75) is 13.3 Å². The summed E-state index contributed by atoms with van der Waals surface area (Å²) in [5.74, 6) is 0.689. The fourth-order valence-corrected chi connectivity index (χ4v) is 1.47. The molecular weight excluding hydrogens is 190 g/mol. The van der Waals surface area contributed by atoms with Gasteiger partial charge in [0.1, 0.15) is 5.82 Å². The Hall–Kier alpha value is -1.68. The zero-order valence-corrected chi connectivity index (χ0v) is 8.57. The van der Waals surface area contributed by atoms with E-state index < -0.39 is 0 Å². The maximum absolute atomic E-state index is 8.85. The van der Waals surface area contributed by atoms with Crippen LogP contribution in [0.5, 0.6) is 0 Å². The van der Waals surface area contributed by atoms with Crippen LogP contribution in [-0.2, 0) is 6.42 Å². The molecule has 2 aromatic rings. The molecule has 0 spiro atoms. The van der Waals surface area contributed by atoms with E-state index in [-0.39, 0.29) is 6.61 Å². The molecule has 0 fully saturated rings. The number of aromatic amines is 1. The van der Waals surface area contributed by atoms with Crippen LogP contribution in [0, 0.1) is 6.92 Å².